The highest BCUT2D eigenvalue weighted by atomic mass is 127. The van der Waals surface area contributed by atoms with E-state index in [-0.39, 0.29) is 24.0 Å². The third-order valence-electron chi connectivity index (χ3n) is 7.09. The smallest absolute Gasteiger partial charge is 0.191 e. The zero-order valence-electron chi connectivity index (χ0n) is 17.6. The highest BCUT2D eigenvalue weighted by Gasteiger charge is 2.66. The van der Waals surface area contributed by atoms with Crippen LogP contribution >= 0.6 is 24.0 Å². The van der Waals surface area contributed by atoms with Gasteiger partial charge in [0.2, 0.25) is 0 Å². The van der Waals surface area contributed by atoms with Crippen LogP contribution in [0.4, 0.5) is 0 Å². The van der Waals surface area contributed by atoms with Crippen molar-refractivity contribution in [1.29, 1.82) is 0 Å². The molecular formula is C23H32IN5O. The van der Waals surface area contributed by atoms with E-state index in [0.717, 1.165) is 25.7 Å². The molecule has 6 nitrogen and oxygen atoms in total. The average molecular weight is 521 g/mol. The Morgan fingerprint density at radius 1 is 1.27 bits per heavy atom. The molecule has 2 saturated carbocycles. The third-order valence-corrected chi connectivity index (χ3v) is 7.09. The van der Waals surface area contributed by atoms with Crippen LogP contribution < -0.4 is 10.6 Å². The molecule has 1 spiro atoms. The van der Waals surface area contributed by atoms with Crippen LogP contribution in [-0.2, 0) is 17.8 Å². The molecule has 7 heteroatoms. The van der Waals surface area contributed by atoms with Gasteiger partial charge in [-0.1, -0.05) is 30.7 Å². The van der Waals surface area contributed by atoms with Crippen LogP contribution in [-0.4, -0.2) is 41.0 Å². The SMILES string of the molecule is CCNC(=NCc1ccccc1Cn1cccn1)NC1C2CCOC2C12CCC2.I. The maximum atomic E-state index is 6.07. The van der Waals surface area contributed by atoms with Gasteiger partial charge in [-0.05, 0) is 43.4 Å². The number of aromatic nitrogens is 2. The van der Waals surface area contributed by atoms with Gasteiger partial charge < -0.3 is 15.4 Å². The van der Waals surface area contributed by atoms with Gasteiger partial charge in [-0.25, -0.2) is 4.99 Å². The molecule has 1 aromatic carbocycles. The van der Waals surface area contributed by atoms with Gasteiger partial charge in [-0.15, -0.1) is 24.0 Å². The Morgan fingerprint density at radius 2 is 2.10 bits per heavy atom. The van der Waals surface area contributed by atoms with Crippen molar-refractivity contribution < 1.29 is 4.74 Å². The predicted octanol–water partition coefficient (Wildman–Crippen LogP) is 3.56. The average Bonchev–Trinajstić information content (AvgIpc) is 3.35. The highest BCUT2D eigenvalue weighted by Crippen LogP contribution is 2.62. The molecule has 2 aromatic rings. The lowest BCUT2D eigenvalue weighted by Crippen LogP contribution is -2.72. The molecule has 0 radical (unpaired) electrons. The molecule has 0 bridgehead atoms. The van der Waals surface area contributed by atoms with Gasteiger partial charge in [0.05, 0.1) is 19.2 Å². The van der Waals surface area contributed by atoms with Crippen molar-refractivity contribution >= 4 is 29.9 Å². The Hall–Kier alpha value is -1.61. The van der Waals surface area contributed by atoms with E-state index in [1.165, 1.54) is 36.8 Å². The first-order valence-electron chi connectivity index (χ1n) is 11.0. The van der Waals surface area contributed by atoms with Crippen LogP contribution in [0.1, 0.15) is 43.7 Å². The number of rotatable bonds is 6. The number of hydrogen-bond donors (Lipinski definition) is 2. The molecule has 2 aliphatic carbocycles. The third kappa shape index (κ3) is 3.86. The van der Waals surface area contributed by atoms with Crippen LogP contribution in [0.5, 0.6) is 0 Å². The standard InChI is InChI=1S/C23H31N5O.HI/c1-2-24-22(27-20-19-9-14-29-21(19)23(20)10-5-11-23)25-15-17-7-3-4-8-18(17)16-28-13-6-12-26-28;/h3-4,6-8,12-13,19-21H,2,5,9-11,14-16H2,1H3,(H2,24,25,27);1H. The summed E-state index contributed by atoms with van der Waals surface area (Å²) >= 11 is 0. The van der Waals surface area contributed by atoms with Gasteiger partial charge in [-0.3, -0.25) is 4.68 Å². The van der Waals surface area contributed by atoms with Crippen LogP contribution in [0.2, 0.25) is 0 Å². The second-order valence-corrected chi connectivity index (χ2v) is 8.62. The molecule has 5 rings (SSSR count). The van der Waals surface area contributed by atoms with Crippen LogP contribution in [0, 0.1) is 11.3 Å². The number of guanidine groups is 1. The lowest BCUT2D eigenvalue weighted by Gasteiger charge is -2.63. The van der Waals surface area contributed by atoms with Gasteiger partial charge in [0, 0.05) is 42.9 Å². The molecule has 0 amide bonds. The van der Waals surface area contributed by atoms with E-state index >= 15 is 0 Å². The molecule has 162 valence electrons. The molecule has 3 atom stereocenters. The van der Waals surface area contributed by atoms with Crippen molar-refractivity contribution in [3.8, 4) is 0 Å². The highest BCUT2D eigenvalue weighted by molar-refractivity contribution is 14.0. The summed E-state index contributed by atoms with van der Waals surface area (Å²) in [6, 6.07) is 11.0. The summed E-state index contributed by atoms with van der Waals surface area (Å²) in [7, 11) is 0. The predicted molar refractivity (Wildman–Crippen MR) is 129 cm³/mol. The Balaban J connectivity index is 0.00000218. The topological polar surface area (TPSA) is 63.5 Å². The van der Waals surface area contributed by atoms with E-state index in [2.05, 4.69) is 46.9 Å². The fraction of sp³-hybridized carbons (Fsp3) is 0.565. The van der Waals surface area contributed by atoms with Gasteiger partial charge in [0.25, 0.3) is 0 Å². The summed E-state index contributed by atoms with van der Waals surface area (Å²) in [5.41, 5.74) is 2.86. The van der Waals surface area contributed by atoms with E-state index in [1.54, 1.807) is 0 Å². The second-order valence-electron chi connectivity index (χ2n) is 8.62. The number of aliphatic imine (C=N–C) groups is 1. The Bertz CT molecular complexity index is 864. The fourth-order valence-electron chi connectivity index (χ4n) is 5.52. The lowest BCUT2D eigenvalue weighted by atomic mass is 9.46. The van der Waals surface area contributed by atoms with Crippen molar-refractivity contribution in [3.63, 3.8) is 0 Å². The normalized spacial score (nSPS) is 26.3. The summed E-state index contributed by atoms with van der Waals surface area (Å²) in [6.45, 7) is 5.35. The molecule has 3 unspecified atom stereocenters. The Labute approximate surface area is 195 Å². The number of hydrogen-bond acceptors (Lipinski definition) is 3. The van der Waals surface area contributed by atoms with Gasteiger partial charge in [0.15, 0.2) is 5.96 Å². The first-order chi connectivity index (χ1) is 14.3. The number of nitrogens with one attached hydrogen (secondary N) is 2. The number of benzene rings is 1. The van der Waals surface area contributed by atoms with Crippen LogP contribution in [0.3, 0.4) is 0 Å². The van der Waals surface area contributed by atoms with Gasteiger partial charge in [0.1, 0.15) is 0 Å². The largest absolute Gasteiger partial charge is 0.377 e. The number of ether oxygens (including phenoxy) is 1. The van der Waals surface area contributed by atoms with E-state index in [0.29, 0.717) is 30.0 Å². The quantitative estimate of drug-likeness (QED) is 0.347. The maximum absolute atomic E-state index is 6.07. The van der Waals surface area contributed by atoms with E-state index < -0.39 is 0 Å². The molecule has 3 fully saturated rings. The van der Waals surface area contributed by atoms with Crippen molar-refractivity contribution in [2.24, 2.45) is 16.3 Å². The van der Waals surface area contributed by atoms with Crippen molar-refractivity contribution in [2.75, 3.05) is 13.2 Å². The van der Waals surface area contributed by atoms with E-state index in [9.17, 15) is 0 Å². The molecule has 30 heavy (non-hydrogen) atoms. The molecule has 1 aromatic heterocycles. The summed E-state index contributed by atoms with van der Waals surface area (Å²) in [6.07, 6.45) is 9.39. The minimum atomic E-state index is 0. The molecule has 1 aliphatic heterocycles. The Kier molecular flexibility index (Phi) is 6.67. The number of fused-ring (bicyclic) bond motifs is 2. The van der Waals surface area contributed by atoms with Crippen LogP contribution in [0.25, 0.3) is 0 Å². The van der Waals surface area contributed by atoms with Crippen molar-refractivity contribution in [1.82, 2.24) is 20.4 Å². The number of halogens is 1. The summed E-state index contributed by atoms with van der Waals surface area (Å²) < 4.78 is 8.03. The summed E-state index contributed by atoms with van der Waals surface area (Å²) in [5.74, 6) is 1.58. The van der Waals surface area contributed by atoms with Gasteiger partial charge in [-0.2, -0.15) is 5.10 Å². The lowest BCUT2D eigenvalue weighted by molar-refractivity contribution is -0.171. The van der Waals surface area contributed by atoms with E-state index in [4.69, 9.17) is 9.73 Å². The van der Waals surface area contributed by atoms with Crippen LogP contribution in [0.15, 0.2) is 47.7 Å². The molecule has 2 N–H and O–H groups in total. The van der Waals surface area contributed by atoms with Crippen molar-refractivity contribution in [3.05, 3.63) is 53.9 Å². The summed E-state index contributed by atoms with van der Waals surface area (Å²) in [4.78, 5) is 4.96. The zero-order chi connectivity index (χ0) is 19.7. The number of nitrogens with zero attached hydrogens (tertiary/aromatic N) is 3. The van der Waals surface area contributed by atoms with E-state index in [1.807, 2.05) is 23.1 Å². The van der Waals surface area contributed by atoms with Gasteiger partial charge >= 0.3 is 0 Å². The minimum absolute atomic E-state index is 0. The van der Waals surface area contributed by atoms with Crippen molar-refractivity contribution in [2.45, 2.75) is 57.8 Å². The minimum Gasteiger partial charge on any atom is -0.377 e. The zero-order valence-corrected chi connectivity index (χ0v) is 19.9. The molecule has 3 aliphatic rings. The molecule has 2 heterocycles. The second kappa shape index (κ2) is 9.26. The monoisotopic (exact) mass is 521 g/mol. The summed E-state index contributed by atoms with van der Waals surface area (Å²) in [5, 5.41) is 11.6. The first-order valence-corrected chi connectivity index (χ1v) is 11.0. The maximum Gasteiger partial charge on any atom is 0.191 e. The Morgan fingerprint density at radius 3 is 2.80 bits per heavy atom. The fourth-order valence-corrected chi connectivity index (χ4v) is 5.52. The first kappa shape index (κ1) is 21.6. The molecular weight excluding hydrogens is 489 g/mol. The molecule has 1 saturated heterocycles.